The molecule has 0 unspecified atom stereocenters. The van der Waals surface area contributed by atoms with Crippen LogP contribution in [-0.4, -0.2) is 22.1 Å². The van der Waals surface area contributed by atoms with Crippen molar-refractivity contribution >= 4 is 5.97 Å². The van der Waals surface area contributed by atoms with Gasteiger partial charge in [-0.15, -0.1) is 0 Å². The van der Waals surface area contributed by atoms with Crippen molar-refractivity contribution in [2.24, 2.45) is 5.41 Å². The van der Waals surface area contributed by atoms with Gasteiger partial charge in [-0.05, 0) is 59.3 Å². The Morgan fingerprint density at radius 3 is 2.73 bits per heavy atom. The van der Waals surface area contributed by atoms with Gasteiger partial charge >= 0.3 is 5.97 Å². The molecule has 0 spiro atoms. The second-order valence-corrected chi connectivity index (χ2v) is 8.09. The van der Waals surface area contributed by atoms with E-state index in [9.17, 15) is 9.59 Å². The lowest BCUT2D eigenvalue weighted by Gasteiger charge is -2.22. The topological polar surface area (TPSA) is 61.2 Å². The van der Waals surface area contributed by atoms with E-state index in [1.54, 1.807) is 0 Å². The van der Waals surface area contributed by atoms with E-state index in [2.05, 4.69) is 11.9 Å². The van der Waals surface area contributed by atoms with Gasteiger partial charge in [0, 0.05) is 24.2 Å². The van der Waals surface area contributed by atoms with Gasteiger partial charge in [-0.3, -0.25) is 14.2 Å². The molecule has 1 aromatic rings. The minimum Gasteiger partial charge on any atom is -0.465 e. The fourth-order valence-corrected chi connectivity index (χ4v) is 3.50. The molecule has 0 bridgehead atoms. The Labute approximate surface area is 157 Å². The van der Waals surface area contributed by atoms with Gasteiger partial charge in [-0.25, -0.2) is 4.98 Å². The van der Waals surface area contributed by atoms with Crippen molar-refractivity contribution in [1.82, 2.24) is 9.55 Å². The quantitative estimate of drug-likeness (QED) is 0.492. The highest BCUT2D eigenvalue weighted by Gasteiger charge is 2.28. The first kappa shape index (κ1) is 20.7. The van der Waals surface area contributed by atoms with Crippen LogP contribution in [0.15, 0.2) is 4.79 Å². The highest BCUT2D eigenvalue weighted by molar-refractivity contribution is 5.75. The number of unbranched alkanes of at least 4 members (excludes halogenated alkanes) is 2. The summed E-state index contributed by atoms with van der Waals surface area (Å²) in [6, 6.07) is 0. The van der Waals surface area contributed by atoms with Crippen LogP contribution < -0.4 is 5.56 Å². The molecule has 0 N–H and O–H groups in total. The molecule has 5 nitrogen and oxygen atoms in total. The summed E-state index contributed by atoms with van der Waals surface area (Å²) in [6.07, 6.45) is 8.37. The molecule has 1 aliphatic heterocycles. The monoisotopic (exact) mass is 362 g/mol. The summed E-state index contributed by atoms with van der Waals surface area (Å²) in [6.45, 7) is 9.18. The average molecular weight is 363 g/mol. The summed E-state index contributed by atoms with van der Waals surface area (Å²) in [4.78, 5) is 29.5. The van der Waals surface area contributed by atoms with Crippen LogP contribution in [0.25, 0.3) is 0 Å². The molecule has 26 heavy (non-hydrogen) atoms. The number of aryl methyl sites for hydroxylation is 2. The molecule has 5 heteroatoms. The maximum atomic E-state index is 12.7. The number of nitrogens with zero attached hydrogens (tertiary/aromatic N) is 2. The molecule has 0 saturated heterocycles. The zero-order chi connectivity index (χ0) is 19.2. The van der Waals surface area contributed by atoms with Crippen molar-refractivity contribution in [2.45, 2.75) is 92.0 Å². The van der Waals surface area contributed by atoms with Gasteiger partial charge in [0.2, 0.25) is 0 Å². The molecular formula is C21H34N2O3. The van der Waals surface area contributed by atoms with Gasteiger partial charge in [0.25, 0.3) is 5.56 Å². The summed E-state index contributed by atoms with van der Waals surface area (Å²) < 4.78 is 7.30. The van der Waals surface area contributed by atoms with Gasteiger partial charge in [0.15, 0.2) is 0 Å². The fraction of sp³-hybridized carbons (Fsp3) is 0.762. The van der Waals surface area contributed by atoms with Crippen LogP contribution in [0.3, 0.4) is 0 Å². The van der Waals surface area contributed by atoms with Crippen LogP contribution in [-0.2, 0) is 28.9 Å². The molecule has 0 saturated carbocycles. The molecular weight excluding hydrogens is 328 g/mol. The number of carbonyl (C=O) groups is 1. The largest absolute Gasteiger partial charge is 0.465 e. The number of rotatable bonds is 9. The van der Waals surface area contributed by atoms with Crippen molar-refractivity contribution in [3.8, 4) is 0 Å². The van der Waals surface area contributed by atoms with Crippen molar-refractivity contribution < 1.29 is 9.53 Å². The van der Waals surface area contributed by atoms with Crippen LogP contribution in [0.1, 0.15) is 82.8 Å². The third kappa shape index (κ3) is 5.18. The Morgan fingerprint density at radius 2 is 2.00 bits per heavy atom. The predicted molar refractivity (Wildman–Crippen MR) is 103 cm³/mol. The molecule has 0 radical (unpaired) electrons. The summed E-state index contributed by atoms with van der Waals surface area (Å²) in [5.41, 5.74) is 1.41. The van der Waals surface area contributed by atoms with Crippen LogP contribution in [0, 0.1) is 12.3 Å². The third-order valence-electron chi connectivity index (χ3n) is 5.34. The van der Waals surface area contributed by atoms with E-state index in [1.807, 2.05) is 25.3 Å². The van der Waals surface area contributed by atoms with Crippen molar-refractivity contribution in [1.29, 1.82) is 0 Å². The smallest absolute Gasteiger partial charge is 0.311 e. The minimum absolute atomic E-state index is 0.113. The van der Waals surface area contributed by atoms with E-state index in [1.165, 1.54) is 0 Å². The zero-order valence-corrected chi connectivity index (χ0v) is 16.9. The maximum absolute atomic E-state index is 12.7. The first-order valence-electron chi connectivity index (χ1n) is 10.1. The van der Waals surface area contributed by atoms with Crippen LogP contribution >= 0.6 is 0 Å². The summed E-state index contributed by atoms with van der Waals surface area (Å²) in [5.74, 6) is 0.823. The number of esters is 1. The number of fused-ring (bicyclic) bond motifs is 1. The highest BCUT2D eigenvalue weighted by Crippen LogP contribution is 2.25. The molecule has 146 valence electrons. The van der Waals surface area contributed by atoms with E-state index in [0.29, 0.717) is 13.0 Å². The lowest BCUT2D eigenvalue weighted by Crippen LogP contribution is -2.32. The maximum Gasteiger partial charge on any atom is 0.311 e. The Kier molecular flexibility index (Phi) is 7.42. The molecule has 0 amide bonds. The predicted octanol–water partition coefficient (Wildman–Crippen LogP) is 3.97. The minimum atomic E-state index is -0.409. The average Bonchev–Trinajstić information content (AvgIpc) is 2.62. The van der Waals surface area contributed by atoms with Crippen molar-refractivity contribution in [3.63, 3.8) is 0 Å². The van der Waals surface area contributed by atoms with Crippen molar-refractivity contribution in [3.05, 3.63) is 27.4 Å². The van der Waals surface area contributed by atoms with E-state index >= 15 is 0 Å². The molecule has 0 fully saturated rings. The Balaban J connectivity index is 1.82. The van der Waals surface area contributed by atoms with Crippen LogP contribution in [0.5, 0.6) is 0 Å². The molecule has 1 aliphatic rings. The first-order chi connectivity index (χ1) is 12.4. The van der Waals surface area contributed by atoms with Gasteiger partial charge in [-0.2, -0.15) is 0 Å². The SMILES string of the molecule is CCCCC(C)(C)C(=O)OCCCCc1c(C)nc2n(c1=O)CCCC2. The number of aromatic nitrogens is 2. The lowest BCUT2D eigenvalue weighted by atomic mass is 9.87. The molecule has 0 aliphatic carbocycles. The van der Waals surface area contributed by atoms with Crippen molar-refractivity contribution in [2.75, 3.05) is 6.61 Å². The normalized spacial score (nSPS) is 14.2. The third-order valence-corrected chi connectivity index (χ3v) is 5.34. The summed E-state index contributed by atoms with van der Waals surface area (Å²) >= 11 is 0. The standard InChI is InChI=1S/C21H34N2O3/c1-5-6-13-21(3,4)20(25)26-15-10-8-11-17-16(2)22-18-12-7-9-14-23(18)19(17)24/h5-15H2,1-4H3. The summed E-state index contributed by atoms with van der Waals surface area (Å²) in [7, 11) is 0. The van der Waals surface area contributed by atoms with Gasteiger partial charge in [-0.1, -0.05) is 19.8 Å². The Hall–Kier alpha value is -1.65. The van der Waals surface area contributed by atoms with Gasteiger partial charge in [0.1, 0.15) is 5.82 Å². The van der Waals surface area contributed by atoms with E-state index in [-0.39, 0.29) is 11.5 Å². The second kappa shape index (κ2) is 9.33. The molecule has 1 aromatic heterocycles. The fourth-order valence-electron chi connectivity index (χ4n) is 3.50. The van der Waals surface area contributed by atoms with Crippen LogP contribution in [0.4, 0.5) is 0 Å². The highest BCUT2D eigenvalue weighted by atomic mass is 16.5. The number of hydrogen-bond donors (Lipinski definition) is 0. The van der Waals surface area contributed by atoms with Gasteiger partial charge in [0.05, 0.1) is 12.0 Å². The van der Waals surface area contributed by atoms with E-state index in [4.69, 9.17) is 4.74 Å². The zero-order valence-electron chi connectivity index (χ0n) is 16.9. The molecule has 0 atom stereocenters. The lowest BCUT2D eigenvalue weighted by molar-refractivity contribution is -0.154. The Bertz CT molecular complexity index is 677. The Morgan fingerprint density at radius 1 is 1.23 bits per heavy atom. The number of hydrogen-bond acceptors (Lipinski definition) is 4. The second-order valence-electron chi connectivity index (χ2n) is 8.09. The van der Waals surface area contributed by atoms with E-state index in [0.717, 1.165) is 75.0 Å². The van der Waals surface area contributed by atoms with E-state index < -0.39 is 5.41 Å². The summed E-state index contributed by atoms with van der Waals surface area (Å²) in [5, 5.41) is 0. The first-order valence-corrected chi connectivity index (χ1v) is 10.1. The number of carbonyl (C=O) groups excluding carboxylic acids is 1. The van der Waals surface area contributed by atoms with Gasteiger partial charge < -0.3 is 4.74 Å². The molecule has 2 heterocycles. The molecule has 2 rings (SSSR count). The number of ether oxygens (including phenoxy) is 1. The van der Waals surface area contributed by atoms with Crippen LogP contribution in [0.2, 0.25) is 0 Å². The molecule has 0 aromatic carbocycles.